The Morgan fingerprint density at radius 1 is 1.25 bits per heavy atom. The van der Waals surface area contributed by atoms with Gasteiger partial charge >= 0.3 is 0 Å². The monoisotopic (exact) mass is 328 g/mol. The summed E-state index contributed by atoms with van der Waals surface area (Å²) in [7, 11) is 3.25. The summed E-state index contributed by atoms with van der Waals surface area (Å²) in [6.07, 6.45) is 0. The second-order valence-corrected chi connectivity index (χ2v) is 5.59. The molecule has 1 atom stereocenters. The molecule has 2 aromatic rings. The van der Waals surface area contributed by atoms with Gasteiger partial charge in [0, 0.05) is 29.8 Å². The lowest BCUT2D eigenvalue weighted by Gasteiger charge is -2.26. The first-order valence-corrected chi connectivity index (χ1v) is 7.52. The molecular weight excluding hydrogens is 308 g/mol. The first-order valence-electron chi connectivity index (χ1n) is 7.52. The first kappa shape index (κ1) is 17.5. The molecule has 24 heavy (non-hydrogen) atoms. The molecule has 0 aliphatic rings. The molecule has 2 aromatic carbocycles. The summed E-state index contributed by atoms with van der Waals surface area (Å²) in [6, 6.07) is 11.7. The molecule has 0 unspecified atom stereocenters. The molecule has 0 saturated carbocycles. The van der Waals surface area contributed by atoms with E-state index in [1.165, 1.54) is 6.07 Å². The minimum Gasteiger partial charge on any atom is -0.496 e. The molecule has 0 saturated heterocycles. The second-order valence-electron chi connectivity index (χ2n) is 5.59. The number of nitrogens with zero attached hydrogens (tertiary/aromatic N) is 2. The number of carbonyl (C=O) groups excluding carboxylic acids is 1. The van der Waals surface area contributed by atoms with Crippen LogP contribution >= 0.6 is 0 Å². The highest BCUT2D eigenvalue weighted by atomic mass is 16.6. The van der Waals surface area contributed by atoms with Gasteiger partial charge in [-0.15, -0.1) is 0 Å². The van der Waals surface area contributed by atoms with Crippen LogP contribution in [0.2, 0.25) is 0 Å². The Morgan fingerprint density at radius 3 is 2.54 bits per heavy atom. The third kappa shape index (κ3) is 3.37. The average molecular weight is 328 g/mol. The first-order chi connectivity index (χ1) is 11.4. The number of hydrogen-bond donors (Lipinski definition) is 0. The summed E-state index contributed by atoms with van der Waals surface area (Å²) < 4.78 is 5.34. The molecule has 6 nitrogen and oxygen atoms in total. The topological polar surface area (TPSA) is 72.7 Å². The van der Waals surface area contributed by atoms with Crippen molar-refractivity contribution < 1.29 is 14.5 Å². The van der Waals surface area contributed by atoms with Crippen molar-refractivity contribution in [1.29, 1.82) is 0 Å². The molecule has 0 bridgehead atoms. The van der Waals surface area contributed by atoms with Crippen molar-refractivity contribution in [2.24, 2.45) is 0 Å². The summed E-state index contributed by atoms with van der Waals surface area (Å²) in [5, 5.41) is 11.1. The zero-order valence-corrected chi connectivity index (χ0v) is 14.1. The largest absolute Gasteiger partial charge is 0.496 e. The van der Waals surface area contributed by atoms with Crippen molar-refractivity contribution in [2.45, 2.75) is 19.9 Å². The van der Waals surface area contributed by atoms with Gasteiger partial charge in [-0.1, -0.05) is 24.3 Å². The number of hydrogen-bond acceptors (Lipinski definition) is 4. The van der Waals surface area contributed by atoms with Gasteiger partial charge in [-0.3, -0.25) is 14.9 Å². The van der Waals surface area contributed by atoms with Crippen LogP contribution < -0.4 is 4.74 Å². The van der Waals surface area contributed by atoms with Crippen molar-refractivity contribution in [1.82, 2.24) is 4.90 Å². The van der Waals surface area contributed by atoms with Crippen LogP contribution in [-0.4, -0.2) is 29.9 Å². The molecule has 0 aliphatic carbocycles. The van der Waals surface area contributed by atoms with Gasteiger partial charge in [0.15, 0.2) is 0 Å². The Bertz CT molecular complexity index is 773. The van der Waals surface area contributed by atoms with Crippen LogP contribution in [0, 0.1) is 17.0 Å². The third-order valence-electron chi connectivity index (χ3n) is 4.14. The maximum absolute atomic E-state index is 12.7. The predicted molar refractivity (Wildman–Crippen MR) is 91.3 cm³/mol. The van der Waals surface area contributed by atoms with Crippen molar-refractivity contribution in [3.05, 3.63) is 69.3 Å². The lowest BCUT2D eigenvalue weighted by atomic mass is 10.0. The van der Waals surface area contributed by atoms with Crippen molar-refractivity contribution in [3.8, 4) is 5.75 Å². The molecule has 0 aromatic heterocycles. The molecule has 0 heterocycles. The molecule has 0 aliphatic heterocycles. The predicted octanol–water partition coefficient (Wildman–Crippen LogP) is 3.75. The number of ether oxygens (including phenoxy) is 1. The fourth-order valence-electron chi connectivity index (χ4n) is 2.54. The van der Waals surface area contributed by atoms with Crippen molar-refractivity contribution in [3.63, 3.8) is 0 Å². The van der Waals surface area contributed by atoms with E-state index in [-0.39, 0.29) is 23.2 Å². The van der Waals surface area contributed by atoms with E-state index in [2.05, 4.69) is 0 Å². The Kier molecular flexibility index (Phi) is 5.18. The SMILES string of the molecule is COc1ccccc1[C@@H](C)N(C)C(=O)c1ccc(C)c([N+](=O)[O-])c1. The highest BCUT2D eigenvalue weighted by Gasteiger charge is 2.23. The number of carbonyl (C=O) groups is 1. The summed E-state index contributed by atoms with van der Waals surface area (Å²) in [5.74, 6) is 0.413. The lowest BCUT2D eigenvalue weighted by Crippen LogP contribution is -2.30. The number of aryl methyl sites for hydroxylation is 1. The van der Waals surface area contributed by atoms with E-state index in [9.17, 15) is 14.9 Å². The molecule has 0 fully saturated rings. The van der Waals surface area contributed by atoms with Gasteiger partial charge < -0.3 is 9.64 Å². The molecule has 1 amide bonds. The molecule has 2 rings (SSSR count). The number of rotatable bonds is 5. The average Bonchev–Trinajstić information content (AvgIpc) is 2.59. The van der Waals surface area contributed by atoms with Gasteiger partial charge in [0.1, 0.15) is 5.75 Å². The summed E-state index contributed by atoms with van der Waals surface area (Å²) in [5.41, 5.74) is 1.63. The zero-order valence-electron chi connectivity index (χ0n) is 14.1. The molecule has 0 N–H and O–H groups in total. The molecule has 6 heteroatoms. The fourth-order valence-corrected chi connectivity index (χ4v) is 2.54. The number of methoxy groups -OCH3 is 1. The van der Waals surface area contributed by atoms with Gasteiger partial charge in [0.2, 0.25) is 0 Å². The highest BCUT2D eigenvalue weighted by molar-refractivity contribution is 5.95. The number of benzene rings is 2. The summed E-state index contributed by atoms with van der Waals surface area (Å²) in [6.45, 7) is 3.53. The van der Waals surface area contributed by atoms with Crippen LogP contribution in [0.4, 0.5) is 5.69 Å². The van der Waals surface area contributed by atoms with Crippen molar-refractivity contribution >= 4 is 11.6 Å². The van der Waals surface area contributed by atoms with Gasteiger partial charge in [-0.05, 0) is 26.0 Å². The van der Waals surface area contributed by atoms with Crippen LogP contribution in [0.5, 0.6) is 5.75 Å². The van der Waals surface area contributed by atoms with Gasteiger partial charge in [0.25, 0.3) is 11.6 Å². The van der Waals surface area contributed by atoms with E-state index >= 15 is 0 Å². The van der Waals surface area contributed by atoms with Crippen LogP contribution in [0.1, 0.15) is 34.5 Å². The quantitative estimate of drug-likeness (QED) is 0.619. The lowest BCUT2D eigenvalue weighted by molar-refractivity contribution is -0.385. The number of nitro groups is 1. The minimum absolute atomic E-state index is 0.0563. The molecule has 126 valence electrons. The summed E-state index contributed by atoms with van der Waals surface area (Å²) >= 11 is 0. The van der Waals surface area contributed by atoms with Gasteiger partial charge in [0.05, 0.1) is 18.1 Å². The van der Waals surface area contributed by atoms with Crippen LogP contribution in [0.15, 0.2) is 42.5 Å². The smallest absolute Gasteiger partial charge is 0.273 e. The maximum atomic E-state index is 12.7. The summed E-state index contributed by atoms with van der Waals surface area (Å²) in [4.78, 5) is 24.8. The van der Waals surface area contributed by atoms with E-state index in [4.69, 9.17) is 4.74 Å². The minimum atomic E-state index is -0.476. The standard InChI is InChI=1S/C18H20N2O4/c1-12-9-10-14(11-16(12)20(22)23)18(21)19(3)13(2)15-7-5-6-8-17(15)24-4/h5-11,13H,1-4H3/t13-/m1/s1. The normalized spacial score (nSPS) is 11.7. The Balaban J connectivity index is 2.32. The Hall–Kier alpha value is -2.89. The van der Waals surface area contributed by atoms with E-state index in [0.717, 1.165) is 5.56 Å². The highest BCUT2D eigenvalue weighted by Crippen LogP contribution is 2.29. The van der Waals surface area contributed by atoms with E-state index < -0.39 is 4.92 Å². The van der Waals surface area contributed by atoms with E-state index in [1.807, 2.05) is 31.2 Å². The molecule has 0 radical (unpaired) electrons. The second kappa shape index (κ2) is 7.12. The van der Waals surface area contributed by atoms with Crippen LogP contribution in [0.3, 0.4) is 0 Å². The van der Waals surface area contributed by atoms with Crippen LogP contribution in [-0.2, 0) is 0 Å². The third-order valence-corrected chi connectivity index (χ3v) is 4.14. The van der Waals surface area contributed by atoms with Gasteiger partial charge in [-0.2, -0.15) is 0 Å². The number of para-hydroxylation sites is 1. The van der Waals surface area contributed by atoms with E-state index in [0.29, 0.717) is 11.3 Å². The molecular formula is C18H20N2O4. The van der Waals surface area contributed by atoms with Crippen LogP contribution in [0.25, 0.3) is 0 Å². The maximum Gasteiger partial charge on any atom is 0.273 e. The zero-order chi connectivity index (χ0) is 17.9. The van der Waals surface area contributed by atoms with Gasteiger partial charge in [-0.25, -0.2) is 0 Å². The Labute approximate surface area is 140 Å². The Morgan fingerprint density at radius 2 is 1.92 bits per heavy atom. The number of amides is 1. The van der Waals surface area contributed by atoms with Crippen molar-refractivity contribution in [2.75, 3.05) is 14.2 Å². The molecule has 0 spiro atoms. The van der Waals surface area contributed by atoms with E-state index in [1.54, 1.807) is 38.1 Å². The fraction of sp³-hybridized carbons (Fsp3) is 0.278. The number of nitro benzene ring substituents is 1.